The lowest BCUT2D eigenvalue weighted by Gasteiger charge is -2.04. The molecule has 1 aromatic carbocycles. The Morgan fingerprint density at radius 1 is 0.621 bits per heavy atom. The van der Waals surface area contributed by atoms with Gasteiger partial charge in [-0.25, -0.2) is 0 Å². The number of unbranched alkanes of at least 4 members (excludes halogenated alkanes) is 15. The summed E-state index contributed by atoms with van der Waals surface area (Å²) in [7, 11) is -2.14. The summed E-state index contributed by atoms with van der Waals surface area (Å²) in [5, 5.41) is 8.63. The molecule has 0 aromatic heterocycles. The Bertz CT molecular complexity index is 415. The van der Waals surface area contributed by atoms with Crippen molar-refractivity contribution in [3.8, 4) is 5.75 Å². The highest BCUT2D eigenvalue weighted by molar-refractivity contribution is 7.39. The van der Waals surface area contributed by atoms with Crippen LogP contribution in [0.1, 0.15) is 110 Å². The molecule has 0 aliphatic heterocycles. The van der Waals surface area contributed by atoms with Gasteiger partial charge >= 0.3 is 8.60 Å². The van der Waals surface area contributed by atoms with E-state index in [1.807, 2.05) is 6.07 Å². The Morgan fingerprint density at radius 3 is 1.31 bits per heavy atom. The molecule has 0 atom stereocenters. The summed E-state index contributed by atoms with van der Waals surface area (Å²) in [6.45, 7) is 2.76. The van der Waals surface area contributed by atoms with Gasteiger partial charge in [-0.3, -0.25) is 0 Å². The molecule has 29 heavy (non-hydrogen) atoms. The van der Waals surface area contributed by atoms with Crippen molar-refractivity contribution in [2.75, 3.05) is 6.61 Å². The van der Waals surface area contributed by atoms with E-state index in [2.05, 4.69) is 6.92 Å². The Balaban J connectivity index is 0.000000929. The lowest BCUT2D eigenvalue weighted by molar-refractivity contribution is 0.248. The predicted octanol–water partition coefficient (Wildman–Crippen LogP) is 7.87. The first-order chi connectivity index (χ1) is 14.2. The van der Waals surface area contributed by atoms with Crippen LogP contribution in [0.3, 0.4) is 0 Å². The van der Waals surface area contributed by atoms with Gasteiger partial charge in [0.2, 0.25) is 0 Å². The van der Waals surface area contributed by atoms with Gasteiger partial charge in [-0.05, 0) is 18.6 Å². The second kappa shape index (κ2) is 23.6. The van der Waals surface area contributed by atoms with Gasteiger partial charge in [0.15, 0.2) is 0 Å². The van der Waals surface area contributed by atoms with Crippen molar-refractivity contribution in [2.45, 2.75) is 110 Å². The number of hydrogen-bond acceptors (Lipinski definition) is 4. The number of para-hydroxylation sites is 1. The zero-order valence-corrected chi connectivity index (χ0v) is 19.5. The molecule has 0 heterocycles. The highest BCUT2D eigenvalue weighted by atomic mass is 31.2. The first-order valence-corrected chi connectivity index (χ1v) is 12.9. The molecule has 0 fully saturated rings. The van der Waals surface area contributed by atoms with Crippen LogP contribution in [0.25, 0.3) is 0 Å². The normalized spacial score (nSPS) is 10.8. The van der Waals surface area contributed by atoms with E-state index in [4.69, 9.17) is 19.4 Å². The molecule has 1 aromatic rings. The third-order valence-corrected chi connectivity index (χ3v) is 5.37. The average Bonchev–Trinajstić information content (AvgIpc) is 2.71. The molecule has 0 aliphatic rings. The molecule has 0 unspecified atom stereocenters. The zero-order chi connectivity index (χ0) is 21.4. The van der Waals surface area contributed by atoms with Crippen LogP contribution in [0.2, 0.25) is 0 Å². The molecule has 4 nitrogen and oxygen atoms in total. The van der Waals surface area contributed by atoms with Crippen LogP contribution in [-0.2, 0) is 4.52 Å². The van der Waals surface area contributed by atoms with Crippen molar-refractivity contribution in [2.24, 2.45) is 0 Å². The first-order valence-electron chi connectivity index (χ1n) is 11.7. The average molecular weight is 429 g/mol. The van der Waals surface area contributed by atoms with Crippen LogP contribution in [0, 0.1) is 0 Å². The topological polar surface area (TPSA) is 69.9 Å². The van der Waals surface area contributed by atoms with Crippen molar-refractivity contribution in [1.82, 2.24) is 0 Å². The predicted molar refractivity (Wildman–Crippen MR) is 125 cm³/mol. The summed E-state index contributed by atoms with van der Waals surface area (Å²) in [5.41, 5.74) is 0. The fourth-order valence-electron chi connectivity index (χ4n) is 3.22. The Kier molecular flexibility index (Phi) is 23.1. The lowest BCUT2D eigenvalue weighted by atomic mass is 10.0. The lowest BCUT2D eigenvalue weighted by Crippen LogP contribution is -1.89. The maximum absolute atomic E-state index is 8.63. The third kappa shape index (κ3) is 25.3. The molecule has 0 spiro atoms. The smallest absolute Gasteiger partial charge is 0.327 e. The minimum Gasteiger partial charge on any atom is -0.508 e. The first kappa shape index (κ1) is 28.3. The minimum atomic E-state index is -2.14. The van der Waals surface area contributed by atoms with E-state index in [9.17, 15) is 0 Å². The van der Waals surface area contributed by atoms with Gasteiger partial charge in [0.05, 0.1) is 6.61 Å². The molecule has 170 valence electrons. The van der Waals surface area contributed by atoms with E-state index in [0.717, 1.165) is 12.8 Å². The minimum absolute atomic E-state index is 0.322. The number of aromatic hydroxyl groups is 1. The van der Waals surface area contributed by atoms with E-state index in [1.54, 1.807) is 24.3 Å². The summed E-state index contributed by atoms with van der Waals surface area (Å²) in [4.78, 5) is 17.2. The highest BCUT2D eigenvalue weighted by Gasteiger charge is 1.98. The monoisotopic (exact) mass is 428 g/mol. The van der Waals surface area contributed by atoms with Gasteiger partial charge in [-0.2, -0.15) is 0 Å². The van der Waals surface area contributed by atoms with Crippen molar-refractivity contribution in [3.05, 3.63) is 30.3 Å². The summed E-state index contributed by atoms with van der Waals surface area (Å²) >= 11 is 0. The molecular weight excluding hydrogens is 383 g/mol. The maximum atomic E-state index is 8.63. The van der Waals surface area contributed by atoms with Crippen LogP contribution in [0.5, 0.6) is 5.75 Å². The van der Waals surface area contributed by atoms with Crippen molar-refractivity contribution in [1.29, 1.82) is 0 Å². The fourth-order valence-corrected chi connectivity index (χ4v) is 3.52. The molecule has 1 rings (SSSR count). The van der Waals surface area contributed by atoms with Crippen LogP contribution >= 0.6 is 8.60 Å². The summed E-state index contributed by atoms with van der Waals surface area (Å²) in [5.74, 6) is 0.322. The van der Waals surface area contributed by atoms with Gasteiger partial charge in [-0.1, -0.05) is 121 Å². The number of rotatable bonds is 18. The molecule has 3 N–H and O–H groups in total. The molecular formula is C24H45O4P. The molecule has 0 radical (unpaired) electrons. The van der Waals surface area contributed by atoms with Gasteiger partial charge in [-0.15, -0.1) is 0 Å². The fraction of sp³-hybridized carbons (Fsp3) is 0.750. The van der Waals surface area contributed by atoms with Gasteiger partial charge in [0.25, 0.3) is 0 Å². The van der Waals surface area contributed by atoms with E-state index in [1.165, 1.54) is 89.9 Å². The van der Waals surface area contributed by atoms with Crippen molar-refractivity contribution in [3.63, 3.8) is 0 Å². The van der Waals surface area contributed by atoms with Crippen LogP contribution in [0.15, 0.2) is 30.3 Å². The Morgan fingerprint density at radius 2 is 1.00 bits per heavy atom. The SMILES string of the molecule is CCCCCCCCCCCCCCCCCCOP(O)O.Oc1ccccc1. The van der Waals surface area contributed by atoms with Crippen LogP contribution in [-0.4, -0.2) is 21.5 Å². The Hall–Kier alpha value is -0.670. The number of phenolic OH excluding ortho intramolecular Hbond substituents is 1. The number of phenols is 1. The van der Waals surface area contributed by atoms with Crippen molar-refractivity contribution >= 4 is 8.60 Å². The second-order valence-electron chi connectivity index (χ2n) is 7.72. The summed E-state index contributed by atoms with van der Waals surface area (Å²) in [6.07, 6.45) is 21.6. The maximum Gasteiger partial charge on any atom is 0.327 e. The van der Waals surface area contributed by atoms with Crippen LogP contribution < -0.4 is 0 Å². The number of benzene rings is 1. The quantitative estimate of drug-likeness (QED) is 0.164. The molecule has 0 saturated carbocycles. The molecule has 0 saturated heterocycles. The van der Waals surface area contributed by atoms with Crippen LogP contribution in [0.4, 0.5) is 0 Å². The van der Waals surface area contributed by atoms with Gasteiger partial charge in [0.1, 0.15) is 5.75 Å². The van der Waals surface area contributed by atoms with Gasteiger partial charge < -0.3 is 19.4 Å². The molecule has 5 heteroatoms. The van der Waals surface area contributed by atoms with Crippen molar-refractivity contribution < 1.29 is 19.4 Å². The standard InChI is InChI=1S/C18H39O3P.C6H6O/c1-2-3-4-5-6-7-8-9-10-11-12-13-14-15-16-17-18-21-22(19)20;7-6-4-2-1-3-5-6/h19-20H,2-18H2,1H3;1-5,7H. The largest absolute Gasteiger partial charge is 0.508 e. The Labute approximate surface area is 180 Å². The second-order valence-corrected chi connectivity index (χ2v) is 8.49. The van der Waals surface area contributed by atoms with E-state index < -0.39 is 8.60 Å². The van der Waals surface area contributed by atoms with Gasteiger partial charge in [0, 0.05) is 0 Å². The molecule has 0 aliphatic carbocycles. The molecule has 0 bridgehead atoms. The summed E-state index contributed by atoms with van der Waals surface area (Å²) in [6, 6.07) is 8.71. The number of hydrogen-bond donors (Lipinski definition) is 3. The van der Waals surface area contributed by atoms with E-state index in [-0.39, 0.29) is 0 Å². The summed E-state index contributed by atoms with van der Waals surface area (Å²) < 4.78 is 4.74. The molecule has 0 amide bonds. The zero-order valence-electron chi connectivity index (χ0n) is 18.6. The third-order valence-electron chi connectivity index (χ3n) is 4.96. The van der Waals surface area contributed by atoms with E-state index >= 15 is 0 Å². The highest BCUT2D eigenvalue weighted by Crippen LogP contribution is 2.24. The van der Waals surface area contributed by atoms with E-state index in [0.29, 0.717) is 12.4 Å².